The topological polar surface area (TPSA) is 16.1 Å². The summed E-state index contributed by atoms with van der Waals surface area (Å²) in [7, 11) is 2.02. The summed E-state index contributed by atoms with van der Waals surface area (Å²) in [5, 5.41) is 0.705. The average Bonchev–Trinajstić information content (AvgIpc) is 2.38. The van der Waals surface area contributed by atoms with Gasteiger partial charge in [-0.15, -0.1) is 11.6 Å². The Morgan fingerprint density at radius 2 is 1.89 bits per heavy atom. The van der Waals surface area contributed by atoms with Gasteiger partial charge in [0, 0.05) is 29.0 Å². The van der Waals surface area contributed by atoms with Gasteiger partial charge in [0.2, 0.25) is 0 Å². The molecule has 0 fully saturated rings. The largest absolute Gasteiger partial charge is 0.368 e. The van der Waals surface area contributed by atoms with Crippen molar-refractivity contribution >= 4 is 28.9 Å². The molecule has 0 saturated heterocycles. The molecule has 0 N–H and O–H groups in total. The van der Waals surface area contributed by atoms with Crippen molar-refractivity contribution in [2.24, 2.45) is 0 Å². The van der Waals surface area contributed by atoms with Crippen molar-refractivity contribution in [3.8, 4) is 0 Å². The fourth-order valence-electron chi connectivity index (χ4n) is 2.05. The van der Waals surface area contributed by atoms with Crippen LogP contribution in [0.4, 0.5) is 5.69 Å². The minimum Gasteiger partial charge on any atom is -0.368 e. The third-order valence-corrected chi connectivity index (χ3v) is 3.61. The van der Waals surface area contributed by atoms with E-state index < -0.39 is 0 Å². The molecule has 2 rings (SSSR count). The third kappa shape index (κ3) is 3.40. The quantitative estimate of drug-likeness (QED) is 0.776. The molecule has 1 aromatic carbocycles. The molecule has 0 saturated carbocycles. The number of aromatic nitrogens is 1. The molecule has 0 spiro atoms. The van der Waals surface area contributed by atoms with Gasteiger partial charge in [0.25, 0.3) is 0 Å². The summed E-state index contributed by atoms with van der Waals surface area (Å²) in [6.07, 6.45) is 0. The normalized spacial score (nSPS) is 10.5. The van der Waals surface area contributed by atoms with Crippen LogP contribution in [0.15, 0.2) is 36.4 Å². The van der Waals surface area contributed by atoms with Crippen molar-refractivity contribution in [2.45, 2.75) is 19.3 Å². The average molecular weight is 295 g/mol. The van der Waals surface area contributed by atoms with Gasteiger partial charge in [-0.05, 0) is 31.2 Å². The first-order chi connectivity index (χ1) is 9.11. The van der Waals surface area contributed by atoms with E-state index in [0.717, 1.165) is 29.2 Å². The highest BCUT2D eigenvalue weighted by Crippen LogP contribution is 2.29. The number of anilines is 1. The number of pyridine rings is 1. The van der Waals surface area contributed by atoms with Gasteiger partial charge in [-0.2, -0.15) is 0 Å². The second-order valence-electron chi connectivity index (χ2n) is 4.50. The molecule has 1 heterocycles. The summed E-state index contributed by atoms with van der Waals surface area (Å²) >= 11 is 12.2. The van der Waals surface area contributed by atoms with Crippen LogP contribution in [0.3, 0.4) is 0 Å². The van der Waals surface area contributed by atoms with Crippen LogP contribution in [0.5, 0.6) is 0 Å². The van der Waals surface area contributed by atoms with E-state index in [-0.39, 0.29) is 0 Å². The first kappa shape index (κ1) is 14.2. The number of hydrogen-bond acceptors (Lipinski definition) is 2. The molecule has 0 atom stereocenters. The van der Waals surface area contributed by atoms with Gasteiger partial charge in [-0.3, -0.25) is 4.98 Å². The maximum absolute atomic E-state index is 6.18. The standard InChI is InChI=1S/C15H16Cl2N2/c1-11-5-3-6-12(18-11)10-19(2)15-8-4-7-14(17)13(15)9-16/h3-8H,9-10H2,1-2H3. The van der Waals surface area contributed by atoms with E-state index >= 15 is 0 Å². The molecular formula is C15H16Cl2N2. The number of benzene rings is 1. The zero-order valence-corrected chi connectivity index (χ0v) is 12.5. The maximum atomic E-state index is 6.18. The van der Waals surface area contributed by atoms with Gasteiger partial charge in [-0.25, -0.2) is 0 Å². The predicted molar refractivity (Wildman–Crippen MR) is 82.1 cm³/mol. The van der Waals surface area contributed by atoms with E-state index in [1.807, 2.05) is 50.4 Å². The van der Waals surface area contributed by atoms with Gasteiger partial charge in [-0.1, -0.05) is 23.7 Å². The molecule has 0 amide bonds. The van der Waals surface area contributed by atoms with Crippen molar-refractivity contribution in [3.05, 3.63) is 58.4 Å². The van der Waals surface area contributed by atoms with Crippen LogP contribution in [-0.2, 0) is 12.4 Å². The van der Waals surface area contributed by atoms with Crippen LogP contribution < -0.4 is 4.90 Å². The summed E-state index contributed by atoms with van der Waals surface area (Å²) in [5.74, 6) is 0.403. The molecule has 0 aliphatic rings. The summed E-state index contributed by atoms with van der Waals surface area (Å²) < 4.78 is 0. The zero-order valence-electron chi connectivity index (χ0n) is 11.0. The lowest BCUT2D eigenvalue weighted by Gasteiger charge is -2.22. The summed E-state index contributed by atoms with van der Waals surface area (Å²) in [6, 6.07) is 11.9. The number of rotatable bonds is 4. The monoisotopic (exact) mass is 294 g/mol. The van der Waals surface area contributed by atoms with Crippen LogP contribution in [-0.4, -0.2) is 12.0 Å². The van der Waals surface area contributed by atoms with Gasteiger partial charge in [0.1, 0.15) is 0 Å². The molecule has 100 valence electrons. The van der Waals surface area contributed by atoms with Crippen LogP contribution in [0, 0.1) is 6.92 Å². The molecule has 2 aromatic rings. The second kappa shape index (κ2) is 6.27. The lowest BCUT2D eigenvalue weighted by atomic mass is 10.1. The van der Waals surface area contributed by atoms with Crippen LogP contribution in [0.2, 0.25) is 5.02 Å². The molecule has 0 aliphatic carbocycles. The Balaban J connectivity index is 2.25. The van der Waals surface area contributed by atoms with Crippen molar-refractivity contribution in [1.29, 1.82) is 0 Å². The summed E-state index contributed by atoms with van der Waals surface area (Å²) in [6.45, 7) is 2.72. The van der Waals surface area contributed by atoms with E-state index in [0.29, 0.717) is 10.9 Å². The second-order valence-corrected chi connectivity index (χ2v) is 5.17. The molecule has 0 unspecified atom stereocenters. The third-order valence-electron chi connectivity index (χ3n) is 2.98. The highest BCUT2D eigenvalue weighted by atomic mass is 35.5. The Bertz CT molecular complexity index is 570. The molecule has 1 aromatic heterocycles. The fraction of sp³-hybridized carbons (Fsp3) is 0.267. The molecule has 0 radical (unpaired) electrons. The van der Waals surface area contributed by atoms with Crippen LogP contribution >= 0.6 is 23.2 Å². The van der Waals surface area contributed by atoms with E-state index in [9.17, 15) is 0 Å². The SMILES string of the molecule is Cc1cccc(CN(C)c2cccc(Cl)c2CCl)n1. The van der Waals surface area contributed by atoms with E-state index in [4.69, 9.17) is 23.2 Å². The minimum absolute atomic E-state index is 0.403. The first-order valence-electron chi connectivity index (χ1n) is 6.09. The highest BCUT2D eigenvalue weighted by molar-refractivity contribution is 6.32. The number of hydrogen-bond donors (Lipinski definition) is 0. The smallest absolute Gasteiger partial charge is 0.0600 e. The molecule has 0 aliphatic heterocycles. The van der Waals surface area contributed by atoms with Gasteiger partial charge < -0.3 is 4.90 Å². The number of nitrogens with zero attached hydrogens (tertiary/aromatic N) is 2. The van der Waals surface area contributed by atoms with Crippen molar-refractivity contribution in [3.63, 3.8) is 0 Å². The van der Waals surface area contributed by atoms with Crippen molar-refractivity contribution in [1.82, 2.24) is 4.98 Å². The lowest BCUT2D eigenvalue weighted by Crippen LogP contribution is -2.18. The molecule has 4 heteroatoms. The van der Waals surface area contributed by atoms with Crippen LogP contribution in [0.25, 0.3) is 0 Å². The Kier molecular flexibility index (Phi) is 4.67. The van der Waals surface area contributed by atoms with Crippen molar-refractivity contribution < 1.29 is 0 Å². The Labute approximate surface area is 124 Å². The van der Waals surface area contributed by atoms with Crippen molar-refractivity contribution in [2.75, 3.05) is 11.9 Å². The van der Waals surface area contributed by atoms with E-state index in [1.54, 1.807) is 0 Å². The van der Waals surface area contributed by atoms with E-state index in [1.165, 1.54) is 0 Å². The highest BCUT2D eigenvalue weighted by Gasteiger charge is 2.10. The Hall–Kier alpha value is -1.25. The van der Waals surface area contributed by atoms with Gasteiger partial charge in [0.05, 0.1) is 18.1 Å². The number of alkyl halides is 1. The molecule has 2 nitrogen and oxygen atoms in total. The predicted octanol–water partition coefficient (Wildman–Crippen LogP) is 4.42. The zero-order chi connectivity index (χ0) is 13.8. The number of aryl methyl sites for hydroxylation is 1. The van der Waals surface area contributed by atoms with Gasteiger partial charge >= 0.3 is 0 Å². The lowest BCUT2D eigenvalue weighted by molar-refractivity contribution is 0.872. The number of halogens is 2. The molecular weight excluding hydrogens is 279 g/mol. The maximum Gasteiger partial charge on any atom is 0.0600 e. The Morgan fingerprint density at radius 1 is 1.16 bits per heavy atom. The van der Waals surface area contributed by atoms with Gasteiger partial charge in [0.15, 0.2) is 0 Å². The summed E-state index contributed by atoms with van der Waals surface area (Å²) in [4.78, 5) is 6.63. The fourth-order valence-corrected chi connectivity index (χ4v) is 2.64. The summed E-state index contributed by atoms with van der Waals surface area (Å²) in [5.41, 5.74) is 4.06. The Morgan fingerprint density at radius 3 is 2.58 bits per heavy atom. The minimum atomic E-state index is 0.403. The van der Waals surface area contributed by atoms with Crippen LogP contribution in [0.1, 0.15) is 17.0 Å². The molecule has 19 heavy (non-hydrogen) atoms. The first-order valence-corrected chi connectivity index (χ1v) is 7.00. The molecule has 0 bridgehead atoms. The van der Waals surface area contributed by atoms with E-state index in [2.05, 4.69) is 9.88 Å².